The number of amides is 1. The van der Waals surface area contributed by atoms with E-state index in [4.69, 9.17) is 0 Å². The Kier molecular flexibility index (Phi) is 4.30. The van der Waals surface area contributed by atoms with Crippen molar-refractivity contribution in [1.82, 2.24) is 15.1 Å². The maximum atomic E-state index is 11.8. The van der Waals surface area contributed by atoms with Crippen LogP contribution in [-0.2, 0) is 17.9 Å². The molecule has 0 radical (unpaired) electrons. The molecule has 2 aromatic rings. The maximum Gasteiger partial charge on any atom is 0.267 e. The highest BCUT2D eigenvalue weighted by Gasteiger charge is 2.05. The van der Waals surface area contributed by atoms with Crippen LogP contribution >= 0.6 is 0 Å². The predicted octanol–water partition coefficient (Wildman–Crippen LogP) is 1.18. The third kappa shape index (κ3) is 3.78. The molecule has 0 spiro atoms. The van der Waals surface area contributed by atoms with Crippen LogP contribution in [0.5, 0.6) is 0 Å². The molecular weight excluding hydrogens is 254 g/mol. The monoisotopic (exact) mass is 271 g/mol. The predicted molar refractivity (Wildman–Crippen MR) is 76.3 cm³/mol. The SMILES string of the molecule is Cc1ccc(CNC(=O)Cn2nc(C)ccc2=O)cc1. The van der Waals surface area contributed by atoms with E-state index >= 15 is 0 Å². The molecule has 1 amide bonds. The van der Waals surface area contributed by atoms with Crippen LogP contribution in [0.25, 0.3) is 0 Å². The van der Waals surface area contributed by atoms with Gasteiger partial charge in [0.15, 0.2) is 0 Å². The summed E-state index contributed by atoms with van der Waals surface area (Å²) in [5.41, 5.74) is 2.63. The molecule has 1 aromatic carbocycles. The van der Waals surface area contributed by atoms with Crippen LogP contribution in [0.15, 0.2) is 41.2 Å². The van der Waals surface area contributed by atoms with E-state index in [1.807, 2.05) is 31.2 Å². The largest absolute Gasteiger partial charge is 0.350 e. The number of nitrogens with zero attached hydrogens (tertiary/aromatic N) is 2. The average molecular weight is 271 g/mol. The number of hydrogen-bond donors (Lipinski definition) is 1. The fourth-order valence-electron chi connectivity index (χ4n) is 1.76. The lowest BCUT2D eigenvalue weighted by Crippen LogP contribution is -2.33. The van der Waals surface area contributed by atoms with Crippen molar-refractivity contribution >= 4 is 5.91 Å². The normalized spacial score (nSPS) is 10.3. The molecule has 0 fully saturated rings. The second-order valence-electron chi connectivity index (χ2n) is 4.73. The van der Waals surface area contributed by atoms with E-state index in [-0.39, 0.29) is 18.0 Å². The van der Waals surface area contributed by atoms with E-state index in [9.17, 15) is 9.59 Å². The van der Waals surface area contributed by atoms with Gasteiger partial charge in [0, 0.05) is 12.6 Å². The molecule has 0 atom stereocenters. The quantitative estimate of drug-likeness (QED) is 0.908. The summed E-state index contributed by atoms with van der Waals surface area (Å²) in [4.78, 5) is 23.3. The summed E-state index contributed by atoms with van der Waals surface area (Å²) in [6, 6.07) is 11.0. The van der Waals surface area contributed by atoms with Crippen molar-refractivity contribution in [2.75, 3.05) is 0 Å². The van der Waals surface area contributed by atoms with E-state index in [1.54, 1.807) is 13.0 Å². The van der Waals surface area contributed by atoms with E-state index < -0.39 is 0 Å². The molecule has 0 aliphatic rings. The van der Waals surface area contributed by atoms with Crippen molar-refractivity contribution in [3.05, 3.63) is 63.6 Å². The molecule has 104 valence electrons. The van der Waals surface area contributed by atoms with Gasteiger partial charge in [-0.2, -0.15) is 5.10 Å². The molecule has 20 heavy (non-hydrogen) atoms. The summed E-state index contributed by atoms with van der Waals surface area (Å²) in [5, 5.41) is 6.80. The third-order valence-corrected chi connectivity index (χ3v) is 2.90. The second kappa shape index (κ2) is 6.14. The van der Waals surface area contributed by atoms with Crippen LogP contribution in [0.2, 0.25) is 0 Å². The number of rotatable bonds is 4. The first-order valence-corrected chi connectivity index (χ1v) is 6.41. The Hall–Kier alpha value is -2.43. The summed E-state index contributed by atoms with van der Waals surface area (Å²) in [6.45, 7) is 4.17. The number of carbonyl (C=O) groups is 1. The van der Waals surface area contributed by atoms with Crippen LogP contribution in [0.1, 0.15) is 16.8 Å². The van der Waals surface area contributed by atoms with Gasteiger partial charge < -0.3 is 5.32 Å². The van der Waals surface area contributed by atoms with Gasteiger partial charge in [0.25, 0.3) is 5.56 Å². The van der Waals surface area contributed by atoms with Crippen molar-refractivity contribution < 1.29 is 4.79 Å². The average Bonchev–Trinajstić information content (AvgIpc) is 2.42. The number of aromatic nitrogens is 2. The van der Waals surface area contributed by atoms with Gasteiger partial charge in [-0.15, -0.1) is 0 Å². The van der Waals surface area contributed by atoms with Crippen molar-refractivity contribution in [2.45, 2.75) is 26.9 Å². The molecule has 1 aromatic heterocycles. The molecule has 0 unspecified atom stereocenters. The van der Waals surface area contributed by atoms with Gasteiger partial charge in [0.1, 0.15) is 6.54 Å². The van der Waals surface area contributed by atoms with Gasteiger partial charge in [-0.3, -0.25) is 9.59 Å². The Labute approximate surface area is 117 Å². The van der Waals surface area contributed by atoms with Gasteiger partial charge in [0.2, 0.25) is 5.91 Å². The molecular formula is C15H17N3O2. The summed E-state index contributed by atoms with van der Waals surface area (Å²) >= 11 is 0. The molecule has 5 nitrogen and oxygen atoms in total. The zero-order valence-corrected chi connectivity index (χ0v) is 11.6. The first-order chi connectivity index (χ1) is 9.54. The van der Waals surface area contributed by atoms with Crippen LogP contribution in [0.4, 0.5) is 0 Å². The Morgan fingerprint density at radius 3 is 2.55 bits per heavy atom. The van der Waals surface area contributed by atoms with E-state index in [0.29, 0.717) is 12.2 Å². The number of hydrogen-bond acceptors (Lipinski definition) is 3. The smallest absolute Gasteiger partial charge is 0.267 e. The molecule has 1 heterocycles. The maximum absolute atomic E-state index is 11.8. The number of aryl methyl sites for hydroxylation is 2. The minimum absolute atomic E-state index is 0.0631. The zero-order chi connectivity index (χ0) is 14.5. The van der Waals surface area contributed by atoms with Crippen molar-refractivity contribution in [3.63, 3.8) is 0 Å². The second-order valence-corrected chi connectivity index (χ2v) is 4.73. The lowest BCUT2D eigenvalue weighted by Gasteiger charge is -2.07. The molecule has 0 saturated carbocycles. The Morgan fingerprint density at radius 2 is 1.85 bits per heavy atom. The van der Waals surface area contributed by atoms with Crippen LogP contribution in [0, 0.1) is 13.8 Å². The summed E-state index contributed by atoms with van der Waals surface area (Å²) < 4.78 is 1.17. The van der Waals surface area contributed by atoms with Crippen LogP contribution in [-0.4, -0.2) is 15.7 Å². The Morgan fingerprint density at radius 1 is 1.15 bits per heavy atom. The lowest BCUT2D eigenvalue weighted by atomic mass is 10.1. The van der Waals surface area contributed by atoms with Crippen LogP contribution < -0.4 is 10.9 Å². The van der Waals surface area contributed by atoms with Gasteiger partial charge in [-0.25, -0.2) is 4.68 Å². The van der Waals surface area contributed by atoms with Gasteiger partial charge in [-0.1, -0.05) is 29.8 Å². The summed E-state index contributed by atoms with van der Waals surface area (Å²) in [6.07, 6.45) is 0. The highest BCUT2D eigenvalue weighted by molar-refractivity contribution is 5.75. The van der Waals surface area contributed by atoms with Crippen molar-refractivity contribution in [2.24, 2.45) is 0 Å². The first-order valence-electron chi connectivity index (χ1n) is 6.41. The molecule has 0 bridgehead atoms. The fraction of sp³-hybridized carbons (Fsp3) is 0.267. The standard InChI is InChI=1S/C15H17N3O2/c1-11-3-6-13(7-4-11)9-16-14(19)10-18-15(20)8-5-12(2)17-18/h3-8H,9-10H2,1-2H3,(H,16,19). The highest BCUT2D eigenvalue weighted by atomic mass is 16.2. The minimum atomic E-state index is -0.277. The zero-order valence-electron chi connectivity index (χ0n) is 11.6. The summed E-state index contributed by atoms with van der Waals surface area (Å²) in [7, 11) is 0. The van der Waals surface area contributed by atoms with Crippen molar-refractivity contribution in [3.8, 4) is 0 Å². The molecule has 1 N–H and O–H groups in total. The van der Waals surface area contributed by atoms with Crippen LogP contribution in [0.3, 0.4) is 0 Å². The van der Waals surface area contributed by atoms with E-state index in [2.05, 4.69) is 10.4 Å². The lowest BCUT2D eigenvalue weighted by molar-refractivity contribution is -0.122. The number of carbonyl (C=O) groups excluding carboxylic acids is 1. The molecule has 0 aliphatic carbocycles. The van der Waals surface area contributed by atoms with Gasteiger partial charge in [-0.05, 0) is 25.5 Å². The minimum Gasteiger partial charge on any atom is -0.350 e. The van der Waals surface area contributed by atoms with Crippen molar-refractivity contribution in [1.29, 1.82) is 0 Å². The fourth-order valence-corrected chi connectivity index (χ4v) is 1.76. The molecule has 2 rings (SSSR count). The number of benzene rings is 1. The Balaban J connectivity index is 1.94. The third-order valence-electron chi connectivity index (χ3n) is 2.90. The molecule has 0 saturated heterocycles. The topological polar surface area (TPSA) is 64.0 Å². The van der Waals surface area contributed by atoms with E-state index in [0.717, 1.165) is 5.56 Å². The van der Waals surface area contributed by atoms with E-state index in [1.165, 1.54) is 16.3 Å². The van der Waals surface area contributed by atoms with Gasteiger partial charge in [0.05, 0.1) is 5.69 Å². The molecule has 5 heteroatoms. The highest BCUT2D eigenvalue weighted by Crippen LogP contribution is 2.02. The van der Waals surface area contributed by atoms with Gasteiger partial charge >= 0.3 is 0 Å². The molecule has 0 aliphatic heterocycles. The number of nitrogens with one attached hydrogen (secondary N) is 1. The first kappa shape index (κ1) is 14.0. The Bertz CT molecular complexity index is 660. The summed E-state index contributed by atoms with van der Waals surface area (Å²) in [5.74, 6) is -0.231.